The molecule has 1 aromatic rings. The number of carboxylic acid groups (broad SMARTS) is 1. The van der Waals surface area contributed by atoms with E-state index >= 15 is 0 Å². The highest BCUT2D eigenvalue weighted by atomic mass is 16.4. The van der Waals surface area contributed by atoms with Gasteiger partial charge in [-0.05, 0) is 37.2 Å². The van der Waals surface area contributed by atoms with Crippen molar-refractivity contribution in [3.63, 3.8) is 0 Å². The van der Waals surface area contributed by atoms with Crippen molar-refractivity contribution in [1.29, 1.82) is 0 Å². The maximum atomic E-state index is 11.8. The molecule has 1 aliphatic heterocycles. The normalized spacial score (nSPS) is 18.9. The van der Waals surface area contributed by atoms with Gasteiger partial charge < -0.3 is 15.7 Å². The van der Waals surface area contributed by atoms with Gasteiger partial charge in [0.25, 0.3) is 0 Å². The second-order valence-corrected chi connectivity index (χ2v) is 4.06. The van der Waals surface area contributed by atoms with Crippen LogP contribution in [0.4, 0.5) is 5.69 Å². The van der Waals surface area contributed by atoms with Crippen LogP contribution >= 0.6 is 0 Å². The minimum Gasteiger partial charge on any atom is -0.478 e. The number of anilines is 1. The predicted octanol–water partition coefficient (Wildman–Crippen LogP) is 0.933. The van der Waals surface area contributed by atoms with E-state index in [0.29, 0.717) is 12.2 Å². The Morgan fingerprint density at radius 2 is 2.00 bits per heavy atom. The number of hydrogen-bond donors (Lipinski definition) is 3. The molecule has 0 spiro atoms. The van der Waals surface area contributed by atoms with Crippen LogP contribution < -0.4 is 10.6 Å². The maximum absolute atomic E-state index is 11.8. The molecular formula is C12H14N2O3. The van der Waals surface area contributed by atoms with Crippen LogP contribution in [0.15, 0.2) is 24.3 Å². The Balaban J connectivity index is 1.98. The molecule has 1 amide bonds. The van der Waals surface area contributed by atoms with E-state index < -0.39 is 5.97 Å². The highest BCUT2D eigenvalue weighted by molar-refractivity contribution is 5.94. The van der Waals surface area contributed by atoms with Gasteiger partial charge in [-0.3, -0.25) is 4.79 Å². The Morgan fingerprint density at radius 1 is 1.29 bits per heavy atom. The summed E-state index contributed by atoms with van der Waals surface area (Å²) in [6.07, 6.45) is 0.846. The molecule has 0 saturated carbocycles. The van der Waals surface area contributed by atoms with Crippen LogP contribution in [0.25, 0.3) is 0 Å². The highest BCUT2D eigenvalue weighted by Crippen LogP contribution is 2.14. The molecule has 2 rings (SSSR count). The summed E-state index contributed by atoms with van der Waals surface area (Å²) in [5.74, 6) is -0.977. The Bertz CT molecular complexity index is 422. The fraction of sp³-hybridized carbons (Fsp3) is 0.333. The van der Waals surface area contributed by atoms with Crippen molar-refractivity contribution in [2.24, 2.45) is 5.92 Å². The second kappa shape index (κ2) is 4.97. The first kappa shape index (κ1) is 11.6. The van der Waals surface area contributed by atoms with Gasteiger partial charge in [-0.15, -0.1) is 0 Å². The molecule has 1 heterocycles. The van der Waals surface area contributed by atoms with Crippen LogP contribution in [-0.4, -0.2) is 30.1 Å². The number of carbonyl (C=O) groups is 2. The molecule has 0 radical (unpaired) electrons. The minimum absolute atomic E-state index is 0.00847. The van der Waals surface area contributed by atoms with Crippen LogP contribution in [0.2, 0.25) is 0 Å². The molecule has 5 heteroatoms. The topological polar surface area (TPSA) is 78.4 Å². The van der Waals surface area contributed by atoms with Gasteiger partial charge in [0, 0.05) is 12.2 Å². The van der Waals surface area contributed by atoms with Gasteiger partial charge in [0.05, 0.1) is 11.5 Å². The molecule has 90 valence electrons. The van der Waals surface area contributed by atoms with Crippen molar-refractivity contribution < 1.29 is 14.7 Å². The second-order valence-electron chi connectivity index (χ2n) is 4.06. The van der Waals surface area contributed by atoms with Gasteiger partial charge in [-0.2, -0.15) is 0 Å². The summed E-state index contributed by atoms with van der Waals surface area (Å²) in [6, 6.07) is 6.16. The summed E-state index contributed by atoms with van der Waals surface area (Å²) in [7, 11) is 0. The SMILES string of the molecule is O=C(O)c1ccc(NC(=O)C2CCNC2)cc1. The number of amides is 1. The number of hydrogen-bond acceptors (Lipinski definition) is 3. The Hall–Kier alpha value is -1.88. The van der Waals surface area contributed by atoms with Gasteiger partial charge in [-0.1, -0.05) is 0 Å². The lowest BCUT2D eigenvalue weighted by Crippen LogP contribution is -2.24. The monoisotopic (exact) mass is 234 g/mol. The Labute approximate surface area is 98.8 Å². The molecule has 1 saturated heterocycles. The lowest BCUT2D eigenvalue weighted by molar-refractivity contribution is -0.119. The zero-order chi connectivity index (χ0) is 12.3. The van der Waals surface area contributed by atoms with Crippen molar-refractivity contribution >= 4 is 17.6 Å². The van der Waals surface area contributed by atoms with Gasteiger partial charge >= 0.3 is 5.97 Å². The molecule has 1 fully saturated rings. The number of carbonyl (C=O) groups excluding carboxylic acids is 1. The summed E-state index contributed by atoms with van der Waals surface area (Å²) in [5.41, 5.74) is 0.845. The molecule has 0 aromatic heterocycles. The lowest BCUT2D eigenvalue weighted by atomic mass is 10.1. The van der Waals surface area contributed by atoms with E-state index in [0.717, 1.165) is 13.0 Å². The molecule has 1 aromatic carbocycles. The first-order valence-corrected chi connectivity index (χ1v) is 5.52. The Kier molecular flexibility index (Phi) is 3.39. The van der Waals surface area contributed by atoms with Crippen LogP contribution in [0.5, 0.6) is 0 Å². The lowest BCUT2D eigenvalue weighted by Gasteiger charge is -2.09. The fourth-order valence-corrected chi connectivity index (χ4v) is 1.82. The van der Waals surface area contributed by atoms with E-state index in [-0.39, 0.29) is 17.4 Å². The molecule has 1 unspecified atom stereocenters. The van der Waals surface area contributed by atoms with Gasteiger partial charge in [0.1, 0.15) is 0 Å². The number of rotatable bonds is 3. The third-order valence-electron chi connectivity index (χ3n) is 2.83. The predicted molar refractivity (Wildman–Crippen MR) is 63.0 cm³/mol. The zero-order valence-electron chi connectivity index (χ0n) is 9.27. The summed E-state index contributed by atoms with van der Waals surface area (Å²) in [4.78, 5) is 22.4. The van der Waals surface area contributed by atoms with Gasteiger partial charge in [-0.25, -0.2) is 4.79 Å². The van der Waals surface area contributed by atoms with Crippen molar-refractivity contribution in [3.05, 3.63) is 29.8 Å². The van der Waals surface area contributed by atoms with Crippen LogP contribution in [0, 0.1) is 5.92 Å². The molecule has 0 bridgehead atoms. The molecular weight excluding hydrogens is 220 g/mol. The standard InChI is InChI=1S/C12H14N2O3/c15-11(9-5-6-13-7-9)14-10-3-1-8(2-4-10)12(16)17/h1-4,9,13H,5-7H2,(H,14,15)(H,16,17). The first-order chi connectivity index (χ1) is 8.16. The number of benzene rings is 1. The van der Waals surface area contributed by atoms with Crippen LogP contribution in [0.1, 0.15) is 16.8 Å². The molecule has 5 nitrogen and oxygen atoms in total. The summed E-state index contributed by atoms with van der Waals surface area (Å²) < 4.78 is 0. The minimum atomic E-state index is -0.970. The number of nitrogens with one attached hydrogen (secondary N) is 2. The zero-order valence-corrected chi connectivity index (χ0v) is 9.27. The number of aromatic carboxylic acids is 1. The van der Waals surface area contributed by atoms with Crippen molar-refractivity contribution in [2.75, 3.05) is 18.4 Å². The average Bonchev–Trinajstić information content (AvgIpc) is 2.83. The maximum Gasteiger partial charge on any atom is 0.335 e. The van der Waals surface area contributed by atoms with Crippen molar-refractivity contribution in [3.8, 4) is 0 Å². The summed E-state index contributed by atoms with van der Waals surface area (Å²) in [5, 5.41) is 14.6. The van der Waals surface area contributed by atoms with E-state index in [1.54, 1.807) is 12.1 Å². The van der Waals surface area contributed by atoms with Gasteiger partial charge in [0.2, 0.25) is 5.91 Å². The summed E-state index contributed by atoms with van der Waals surface area (Å²) >= 11 is 0. The van der Waals surface area contributed by atoms with Crippen LogP contribution in [-0.2, 0) is 4.79 Å². The quantitative estimate of drug-likeness (QED) is 0.727. The Morgan fingerprint density at radius 3 is 2.53 bits per heavy atom. The molecule has 1 atom stereocenters. The highest BCUT2D eigenvalue weighted by Gasteiger charge is 2.22. The van der Waals surface area contributed by atoms with E-state index in [4.69, 9.17) is 5.11 Å². The molecule has 0 aliphatic carbocycles. The molecule has 3 N–H and O–H groups in total. The third kappa shape index (κ3) is 2.82. The first-order valence-electron chi connectivity index (χ1n) is 5.52. The van der Waals surface area contributed by atoms with E-state index in [2.05, 4.69) is 10.6 Å². The summed E-state index contributed by atoms with van der Waals surface area (Å²) in [6.45, 7) is 1.58. The van der Waals surface area contributed by atoms with Crippen molar-refractivity contribution in [2.45, 2.75) is 6.42 Å². The van der Waals surface area contributed by atoms with Crippen LogP contribution in [0.3, 0.4) is 0 Å². The number of carboxylic acids is 1. The van der Waals surface area contributed by atoms with E-state index in [1.807, 2.05) is 0 Å². The smallest absolute Gasteiger partial charge is 0.335 e. The molecule has 1 aliphatic rings. The third-order valence-corrected chi connectivity index (χ3v) is 2.83. The van der Waals surface area contributed by atoms with E-state index in [1.165, 1.54) is 12.1 Å². The van der Waals surface area contributed by atoms with E-state index in [9.17, 15) is 9.59 Å². The van der Waals surface area contributed by atoms with Gasteiger partial charge in [0.15, 0.2) is 0 Å². The molecule has 17 heavy (non-hydrogen) atoms. The largest absolute Gasteiger partial charge is 0.478 e. The fourth-order valence-electron chi connectivity index (χ4n) is 1.82. The average molecular weight is 234 g/mol. The van der Waals surface area contributed by atoms with Crippen molar-refractivity contribution in [1.82, 2.24) is 5.32 Å².